The van der Waals surface area contributed by atoms with Gasteiger partial charge in [0.25, 0.3) is 0 Å². The molecule has 25 heavy (non-hydrogen) atoms. The van der Waals surface area contributed by atoms with Crippen molar-refractivity contribution in [3.63, 3.8) is 0 Å². The summed E-state index contributed by atoms with van der Waals surface area (Å²) < 4.78 is 2.01. The number of hydrogen-bond donors (Lipinski definition) is 1. The van der Waals surface area contributed by atoms with Gasteiger partial charge in [-0.1, -0.05) is 23.9 Å². The number of carbonyl (C=O) groups excluding carboxylic acids is 1. The van der Waals surface area contributed by atoms with Crippen LogP contribution in [-0.4, -0.2) is 25.3 Å². The molecule has 0 atom stereocenters. The van der Waals surface area contributed by atoms with E-state index in [9.17, 15) is 4.79 Å². The lowest BCUT2D eigenvalue weighted by molar-refractivity contribution is 0.101. The van der Waals surface area contributed by atoms with Crippen LogP contribution >= 0.6 is 11.8 Å². The molecule has 2 aromatic heterocycles. The lowest BCUT2D eigenvalue weighted by Crippen LogP contribution is -2.01. The number of aromatic nitrogens is 4. The number of nitrogen functional groups attached to an aromatic ring is 1. The molecule has 3 aromatic rings. The summed E-state index contributed by atoms with van der Waals surface area (Å²) in [5, 5.41) is 0.773. The van der Waals surface area contributed by atoms with E-state index in [0.29, 0.717) is 35.5 Å². The number of benzene rings is 1. The van der Waals surface area contributed by atoms with E-state index in [4.69, 9.17) is 12.2 Å². The Morgan fingerprint density at radius 1 is 1.32 bits per heavy atom. The van der Waals surface area contributed by atoms with E-state index in [0.717, 1.165) is 16.5 Å². The molecule has 0 amide bonds. The molecule has 0 unspecified atom stereocenters. The van der Waals surface area contributed by atoms with E-state index in [1.165, 1.54) is 18.1 Å². The van der Waals surface area contributed by atoms with Crippen LogP contribution < -0.4 is 5.73 Å². The first kappa shape index (κ1) is 17.0. The summed E-state index contributed by atoms with van der Waals surface area (Å²) in [7, 11) is 0. The lowest BCUT2D eigenvalue weighted by Gasteiger charge is -2.07. The van der Waals surface area contributed by atoms with Crippen molar-refractivity contribution in [1.29, 1.82) is 0 Å². The third kappa shape index (κ3) is 3.64. The van der Waals surface area contributed by atoms with Gasteiger partial charge in [-0.15, -0.1) is 12.3 Å². The molecule has 2 heterocycles. The topological polar surface area (TPSA) is 86.7 Å². The number of nitrogens with zero attached hydrogens (tertiary/aromatic N) is 4. The summed E-state index contributed by atoms with van der Waals surface area (Å²) in [6.07, 6.45) is 8.29. The summed E-state index contributed by atoms with van der Waals surface area (Å²) in [6.45, 7) is 2.25. The molecular formula is C18H17N5OS. The molecule has 0 aliphatic carbocycles. The highest BCUT2D eigenvalue weighted by molar-refractivity contribution is 7.99. The Labute approximate surface area is 149 Å². The van der Waals surface area contributed by atoms with Gasteiger partial charge in [0, 0.05) is 23.4 Å². The minimum atomic E-state index is 0.0427. The summed E-state index contributed by atoms with van der Waals surface area (Å²) in [5.74, 6) is 3.04. The standard InChI is InChI=1S/C18H17N5OS/c1-3-4-5-10-23-17-15(16(19)20-11-21-17)22-18(23)25-14-8-6-13(7-9-14)12(2)24/h1,6-9,11H,4-5,10H2,2H3,(H2,19,20,21). The van der Waals surface area contributed by atoms with Crippen molar-refractivity contribution in [3.05, 3.63) is 36.2 Å². The predicted molar refractivity (Wildman–Crippen MR) is 98.4 cm³/mol. The van der Waals surface area contributed by atoms with Crippen LogP contribution in [-0.2, 0) is 6.54 Å². The zero-order valence-electron chi connectivity index (χ0n) is 13.8. The second kappa shape index (κ2) is 7.36. The average molecular weight is 351 g/mol. The maximum atomic E-state index is 11.4. The van der Waals surface area contributed by atoms with E-state index in [2.05, 4.69) is 20.9 Å². The highest BCUT2D eigenvalue weighted by atomic mass is 32.2. The second-order valence-electron chi connectivity index (χ2n) is 5.47. The molecule has 0 fully saturated rings. The molecule has 0 bridgehead atoms. The molecule has 0 aliphatic rings. The molecule has 1 aromatic carbocycles. The Bertz CT molecular complexity index is 956. The van der Waals surface area contributed by atoms with Gasteiger partial charge < -0.3 is 10.3 Å². The molecule has 2 N–H and O–H groups in total. The third-order valence-corrected chi connectivity index (χ3v) is 4.70. The normalized spacial score (nSPS) is 10.7. The first-order chi connectivity index (χ1) is 12.1. The van der Waals surface area contributed by atoms with E-state index in [1.54, 1.807) is 6.92 Å². The number of unbranched alkanes of at least 4 members (excludes halogenated alkanes) is 1. The number of aryl methyl sites for hydroxylation is 1. The van der Waals surface area contributed by atoms with E-state index in [-0.39, 0.29) is 5.78 Å². The van der Waals surface area contributed by atoms with Crippen molar-refractivity contribution in [2.75, 3.05) is 5.73 Å². The molecule has 0 radical (unpaired) electrons. The van der Waals surface area contributed by atoms with E-state index < -0.39 is 0 Å². The Hall–Kier alpha value is -2.85. The van der Waals surface area contributed by atoms with Gasteiger partial charge in [-0.25, -0.2) is 15.0 Å². The molecule has 126 valence electrons. The zero-order valence-corrected chi connectivity index (χ0v) is 14.6. The average Bonchev–Trinajstić information content (AvgIpc) is 2.95. The Morgan fingerprint density at radius 2 is 2.08 bits per heavy atom. The monoisotopic (exact) mass is 351 g/mol. The molecule has 0 saturated carbocycles. The highest BCUT2D eigenvalue weighted by Crippen LogP contribution is 2.31. The van der Waals surface area contributed by atoms with Crippen LogP contribution in [0, 0.1) is 12.3 Å². The van der Waals surface area contributed by atoms with Crippen LogP contribution in [0.1, 0.15) is 30.1 Å². The fourth-order valence-corrected chi connectivity index (χ4v) is 3.32. The number of anilines is 1. The van der Waals surface area contributed by atoms with Crippen molar-refractivity contribution in [2.45, 2.75) is 36.4 Å². The van der Waals surface area contributed by atoms with Gasteiger partial charge in [-0.3, -0.25) is 4.79 Å². The van der Waals surface area contributed by atoms with Crippen molar-refractivity contribution >= 4 is 34.5 Å². The number of nitrogens with two attached hydrogens (primary N) is 1. The van der Waals surface area contributed by atoms with Gasteiger partial charge in [-0.05, 0) is 25.5 Å². The van der Waals surface area contributed by atoms with Crippen LogP contribution in [0.25, 0.3) is 11.2 Å². The number of imidazole rings is 1. The van der Waals surface area contributed by atoms with Gasteiger partial charge in [0.05, 0.1) is 0 Å². The van der Waals surface area contributed by atoms with Gasteiger partial charge in [0.2, 0.25) is 0 Å². The van der Waals surface area contributed by atoms with Crippen molar-refractivity contribution in [2.24, 2.45) is 0 Å². The van der Waals surface area contributed by atoms with Crippen LogP contribution in [0.5, 0.6) is 0 Å². The largest absolute Gasteiger partial charge is 0.382 e. The van der Waals surface area contributed by atoms with Gasteiger partial charge in [0.15, 0.2) is 27.9 Å². The molecule has 0 aliphatic heterocycles. The number of ketones is 1. The number of hydrogen-bond acceptors (Lipinski definition) is 6. The second-order valence-corrected chi connectivity index (χ2v) is 6.51. The predicted octanol–water partition coefficient (Wildman–Crippen LogP) is 3.18. The smallest absolute Gasteiger partial charge is 0.175 e. The number of rotatable bonds is 6. The minimum Gasteiger partial charge on any atom is -0.382 e. The number of fused-ring (bicyclic) bond motifs is 1. The van der Waals surface area contributed by atoms with Gasteiger partial charge in [0.1, 0.15) is 6.33 Å². The van der Waals surface area contributed by atoms with Gasteiger partial charge in [-0.2, -0.15) is 0 Å². The Morgan fingerprint density at radius 3 is 2.76 bits per heavy atom. The Balaban J connectivity index is 1.96. The third-order valence-electron chi connectivity index (χ3n) is 3.70. The van der Waals surface area contributed by atoms with Crippen LogP contribution in [0.3, 0.4) is 0 Å². The first-order valence-corrected chi connectivity index (χ1v) is 8.61. The SMILES string of the molecule is C#CCCCn1c(Sc2ccc(C(C)=O)cc2)nc2c(N)ncnc21. The van der Waals surface area contributed by atoms with Crippen LogP contribution in [0.2, 0.25) is 0 Å². The van der Waals surface area contributed by atoms with Crippen LogP contribution in [0.4, 0.5) is 5.82 Å². The number of terminal acetylenes is 1. The lowest BCUT2D eigenvalue weighted by atomic mass is 10.2. The fraction of sp³-hybridized carbons (Fsp3) is 0.222. The number of Topliss-reactive ketones (excluding diaryl/α,β-unsaturated/α-hetero) is 1. The summed E-state index contributed by atoms with van der Waals surface area (Å²) in [6, 6.07) is 7.43. The molecule has 0 spiro atoms. The molecule has 3 rings (SSSR count). The number of carbonyl (C=O) groups is 1. The Kier molecular flexibility index (Phi) is 5.00. The maximum Gasteiger partial charge on any atom is 0.175 e. The summed E-state index contributed by atoms with van der Waals surface area (Å²) in [4.78, 5) is 25.3. The summed E-state index contributed by atoms with van der Waals surface area (Å²) >= 11 is 1.49. The first-order valence-electron chi connectivity index (χ1n) is 7.79. The molecule has 7 heteroatoms. The van der Waals surface area contributed by atoms with Crippen molar-refractivity contribution in [3.8, 4) is 12.3 Å². The maximum absolute atomic E-state index is 11.4. The highest BCUT2D eigenvalue weighted by Gasteiger charge is 2.15. The van der Waals surface area contributed by atoms with E-state index in [1.807, 2.05) is 28.8 Å². The van der Waals surface area contributed by atoms with Gasteiger partial charge >= 0.3 is 0 Å². The van der Waals surface area contributed by atoms with Crippen molar-refractivity contribution < 1.29 is 4.79 Å². The van der Waals surface area contributed by atoms with Crippen LogP contribution in [0.15, 0.2) is 40.6 Å². The summed E-state index contributed by atoms with van der Waals surface area (Å²) in [5.41, 5.74) is 7.91. The minimum absolute atomic E-state index is 0.0427. The van der Waals surface area contributed by atoms with E-state index >= 15 is 0 Å². The molecular weight excluding hydrogens is 334 g/mol. The van der Waals surface area contributed by atoms with Crippen molar-refractivity contribution in [1.82, 2.24) is 19.5 Å². The fourth-order valence-electron chi connectivity index (χ4n) is 2.42. The molecule has 6 nitrogen and oxygen atoms in total. The molecule has 0 saturated heterocycles. The quantitative estimate of drug-likeness (QED) is 0.417. The zero-order chi connectivity index (χ0) is 17.8.